The molecule has 1 aliphatic rings. The second-order valence-corrected chi connectivity index (χ2v) is 10.9. The van der Waals surface area contributed by atoms with Crippen LogP contribution in [0.4, 0.5) is 11.4 Å². The van der Waals surface area contributed by atoms with Crippen molar-refractivity contribution in [3.8, 4) is 17.2 Å². The van der Waals surface area contributed by atoms with Crippen molar-refractivity contribution in [2.24, 2.45) is 5.41 Å². The fourth-order valence-corrected chi connectivity index (χ4v) is 5.63. The summed E-state index contributed by atoms with van der Waals surface area (Å²) < 4.78 is 4.66. The van der Waals surface area contributed by atoms with E-state index in [-0.39, 0.29) is 5.91 Å². The molecule has 0 radical (unpaired) electrons. The maximum absolute atomic E-state index is 13.8. The van der Waals surface area contributed by atoms with Gasteiger partial charge >= 0.3 is 5.97 Å². The third-order valence-corrected chi connectivity index (χ3v) is 7.87. The molecule has 1 fully saturated rings. The molecule has 3 aromatic carbocycles. The monoisotopic (exact) mass is 555 g/mol. The third kappa shape index (κ3) is 6.73. The van der Waals surface area contributed by atoms with Gasteiger partial charge in [0.1, 0.15) is 0 Å². The Morgan fingerprint density at radius 2 is 1.80 bits per heavy atom. The molecular weight excluding hydrogens is 522 g/mol. The zero-order valence-corrected chi connectivity index (χ0v) is 23.9. The van der Waals surface area contributed by atoms with Crippen LogP contribution in [0.15, 0.2) is 66.7 Å². The van der Waals surface area contributed by atoms with E-state index in [4.69, 9.17) is 11.6 Å². The smallest absolute Gasteiger partial charge is 0.330 e. The van der Waals surface area contributed by atoms with Gasteiger partial charge in [-0.15, -0.1) is 0 Å². The molecule has 0 saturated heterocycles. The average molecular weight is 556 g/mol. The minimum Gasteiger partial charge on any atom is -0.466 e. The molecule has 1 saturated carbocycles. The van der Waals surface area contributed by atoms with Crippen LogP contribution in [0.25, 0.3) is 17.2 Å². The number of rotatable bonds is 8. The first-order valence-electron chi connectivity index (χ1n) is 13.4. The number of esters is 1. The van der Waals surface area contributed by atoms with E-state index in [0.717, 1.165) is 60.0 Å². The first-order chi connectivity index (χ1) is 19.2. The Balaban J connectivity index is 1.59. The Morgan fingerprint density at radius 3 is 2.48 bits per heavy atom. The van der Waals surface area contributed by atoms with Crippen LogP contribution in [0.3, 0.4) is 0 Å². The van der Waals surface area contributed by atoms with E-state index < -0.39 is 11.4 Å². The van der Waals surface area contributed by atoms with Crippen LogP contribution in [-0.2, 0) is 20.7 Å². The van der Waals surface area contributed by atoms with Crippen molar-refractivity contribution in [1.29, 1.82) is 5.26 Å². The van der Waals surface area contributed by atoms with Gasteiger partial charge in [-0.25, -0.2) is 4.79 Å². The number of halogens is 1. The highest BCUT2D eigenvalue weighted by Crippen LogP contribution is 2.41. The van der Waals surface area contributed by atoms with Crippen molar-refractivity contribution in [3.05, 3.63) is 88.5 Å². The van der Waals surface area contributed by atoms with E-state index >= 15 is 0 Å². The van der Waals surface area contributed by atoms with Crippen molar-refractivity contribution < 1.29 is 14.3 Å². The molecule has 3 aromatic rings. The first-order valence-corrected chi connectivity index (χ1v) is 13.8. The van der Waals surface area contributed by atoms with Gasteiger partial charge in [0.2, 0.25) is 5.91 Å². The molecule has 6 nitrogen and oxygen atoms in total. The standard InChI is InChI=1S/C33H34ClN3O3/c1-37(2)27-12-14-29(30(34)20-27)28-13-10-24(18-25(28)22-35)21-33(16-5-4-6-17-33)32(39)36-26-9-7-8-23(19-26)11-15-31(38)40-3/h7-15,18-20H,4-6,16-17,21H2,1-3H3,(H,36,39)/b15-11+. The summed E-state index contributed by atoms with van der Waals surface area (Å²) in [7, 11) is 5.24. The molecule has 1 aliphatic carbocycles. The highest BCUT2D eigenvalue weighted by atomic mass is 35.5. The normalized spacial score (nSPS) is 14.4. The summed E-state index contributed by atoms with van der Waals surface area (Å²) in [6, 6.07) is 21.4. The molecule has 0 aliphatic heterocycles. The van der Waals surface area contributed by atoms with Gasteiger partial charge in [-0.05, 0) is 66.8 Å². The lowest BCUT2D eigenvalue weighted by Crippen LogP contribution is -2.40. The number of carbonyl (C=O) groups is 2. The summed E-state index contributed by atoms with van der Waals surface area (Å²) in [5.41, 5.74) is 4.94. The van der Waals surface area contributed by atoms with Crippen LogP contribution < -0.4 is 10.2 Å². The number of ether oxygens (including phenoxy) is 1. The maximum atomic E-state index is 13.8. The Morgan fingerprint density at radius 1 is 1.05 bits per heavy atom. The molecule has 0 bridgehead atoms. The number of nitriles is 1. The molecule has 0 unspecified atom stereocenters. The highest BCUT2D eigenvalue weighted by Gasteiger charge is 2.39. The van der Waals surface area contributed by atoms with E-state index in [1.807, 2.05) is 79.7 Å². The van der Waals surface area contributed by atoms with E-state index in [0.29, 0.717) is 22.7 Å². The molecule has 0 heterocycles. The summed E-state index contributed by atoms with van der Waals surface area (Å²) in [5.74, 6) is -0.461. The van der Waals surface area contributed by atoms with Gasteiger partial charge in [-0.3, -0.25) is 4.79 Å². The second-order valence-electron chi connectivity index (χ2n) is 10.5. The maximum Gasteiger partial charge on any atom is 0.330 e. The molecular formula is C33H34ClN3O3. The zero-order valence-electron chi connectivity index (χ0n) is 23.2. The number of methoxy groups -OCH3 is 1. The first kappa shape index (κ1) is 28.9. The number of nitrogens with one attached hydrogen (secondary N) is 1. The van der Waals surface area contributed by atoms with Crippen LogP contribution in [0.5, 0.6) is 0 Å². The Kier molecular flexibility index (Phi) is 9.29. The fraction of sp³-hybridized carbons (Fsp3) is 0.303. The summed E-state index contributed by atoms with van der Waals surface area (Å²) >= 11 is 6.61. The SMILES string of the molecule is COC(=O)/C=C/c1cccc(NC(=O)C2(Cc3ccc(-c4ccc(N(C)C)cc4Cl)c(C#N)c3)CCCCC2)c1. The molecule has 1 N–H and O–H groups in total. The second kappa shape index (κ2) is 12.8. The van der Waals surface area contributed by atoms with Crippen molar-refractivity contribution >= 4 is 40.9 Å². The summed E-state index contributed by atoms with van der Waals surface area (Å²) in [4.78, 5) is 27.2. The largest absolute Gasteiger partial charge is 0.466 e. The van der Waals surface area contributed by atoms with Crippen LogP contribution >= 0.6 is 11.6 Å². The van der Waals surface area contributed by atoms with Gasteiger partial charge in [0.05, 0.1) is 29.2 Å². The summed E-state index contributed by atoms with van der Waals surface area (Å²) in [6.45, 7) is 0. The molecule has 4 rings (SSSR count). The van der Waals surface area contributed by atoms with Crippen molar-refractivity contribution in [3.63, 3.8) is 0 Å². The summed E-state index contributed by atoms with van der Waals surface area (Å²) in [5, 5.41) is 13.7. The number of benzene rings is 3. The highest BCUT2D eigenvalue weighted by molar-refractivity contribution is 6.33. The van der Waals surface area contributed by atoms with Gasteiger partial charge < -0.3 is 15.0 Å². The molecule has 0 spiro atoms. The van der Waals surface area contributed by atoms with Gasteiger partial charge in [-0.1, -0.05) is 61.2 Å². The lowest BCUT2D eigenvalue weighted by Gasteiger charge is -2.36. The molecule has 0 atom stereocenters. The molecule has 7 heteroatoms. The van der Waals surface area contributed by atoms with E-state index in [9.17, 15) is 14.9 Å². The molecule has 1 amide bonds. The van der Waals surface area contributed by atoms with Crippen LogP contribution in [0.1, 0.15) is 48.8 Å². The topological polar surface area (TPSA) is 82.4 Å². The third-order valence-electron chi connectivity index (χ3n) is 7.56. The quantitative estimate of drug-likeness (QED) is 0.233. The predicted octanol–water partition coefficient (Wildman–Crippen LogP) is 7.26. The van der Waals surface area contributed by atoms with E-state index in [2.05, 4.69) is 16.1 Å². The van der Waals surface area contributed by atoms with Crippen molar-refractivity contribution in [1.82, 2.24) is 0 Å². The lowest BCUT2D eigenvalue weighted by atomic mass is 9.69. The lowest BCUT2D eigenvalue weighted by molar-refractivity contribution is -0.134. The minimum atomic E-state index is -0.574. The van der Waals surface area contributed by atoms with Gasteiger partial charge in [0, 0.05) is 42.7 Å². The predicted molar refractivity (Wildman–Crippen MR) is 161 cm³/mol. The number of hydrogen-bond acceptors (Lipinski definition) is 5. The van der Waals surface area contributed by atoms with Crippen LogP contribution in [-0.4, -0.2) is 33.1 Å². The van der Waals surface area contributed by atoms with E-state index in [1.54, 1.807) is 6.08 Å². The fourth-order valence-electron chi connectivity index (χ4n) is 5.35. The van der Waals surface area contributed by atoms with Crippen molar-refractivity contribution in [2.45, 2.75) is 38.5 Å². The molecule has 0 aromatic heterocycles. The number of hydrogen-bond donors (Lipinski definition) is 1. The number of carbonyl (C=O) groups excluding carboxylic acids is 2. The zero-order chi connectivity index (χ0) is 28.7. The van der Waals surface area contributed by atoms with Gasteiger partial charge in [0.15, 0.2) is 0 Å². The average Bonchev–Trinajstić information content (AvgIpc) is 2.96. The number of anilines is 2. The summed E-state index contributed by atoms with van der Waals surface area (Å²) in [6.07, 6.45) is 8.17. The van der Waals surface area contributed by atoms with Crippen LogP contribution in [0, 0.1) is 16.7 Å². The van der Waals surface area contributed by atoms with Gasteiger partial charge in [0.25, 0.3) is 0 Å². The Bertz CT molecular complexity index is 1470. The Hall–Kier alpha value is -4.08. The van der Waals surface area contributed by atoms with Crippen LogP contribution in [0.2, 0.25) is 5.02 Å². The van der Waals surface area contributed by atoms with Crippen molar-refractivity contribution in [2.75, 3.05) is 31.4 Å². The minimum absolute atomic E-state index is 0.0220. The number of amides is 1. The molecule has 206 valence electrons. The molecule has 40 heavy (non-hydrogen) atoms. The van der Waals surface area contributed by atoms with E-state index in [1.165, 1.54) is 13.2 Å². The Labute approximate surface area is 241 Å². The number of nitrogens with zero attached hydrogens (tertiary/aromatic N) is 2. The van der Waals surface area contributed by atoms with Gasteiger partial charge in [-0.2, -0.15) is 5.26 Å².